The van der Waals surface area contributed by atoms with E-state index in [2.05, 4.69) is 5.32 Å². The SMILES string of the molecule is CC(NC(=O)c1sccc1N)c1cccc(F)c1. The van der Waals surface area contributed by atoms with Crippen molar-refractivity contribution >= 4 is 22.9 Å². The van der Waals surface area contributed by atoms with Crippen LogP contribution in [0.25, 0.3) is 0 Å². The minimum absolute atomic E-state index is 0.237. The number of carbonyl (C=O) groups is 1. The van der Waals surface area contributed by atoms with E-state index in [-0.39, 0.29) is 17.8 Å². The molecule has 0 aliphatic heterocycles. The maximum atomic E-state index is 13.1. The number of halogens is 1. The highest BCUT2D eigenvalue weighted by Crippen LogP contribution is 2.20. The maximum Gasteiger partial charge on any atom is 0.263 e. The van der Waals surface area contributed by atoms with Crippen LogP contribution in [0.15, 0.2) is 35.7 Å². The number of nitrogens with one attached hydrogen (secondary N) is 1. The van der Waals surface area contributed by atoms with E-state index in [4.69, 9.17) is 5.73 Å². The largest absolute Gasteiger partial charge is 0.397 e. The van der Waals surface area contributed by atoms with Crippen LogP contribution in [0, 0.1) is 5.82 Å². The molecular weight excluding hydrogens is 251 g/mol. The fraction of sp³-hybridized carbons (Fsp3) is 0.154. The highest BCUT2D eigenvalue weighted by molar-refractivity contribution is 7.12. The molecule has 0 radical (unpaired) electrons. The second-order valence-electron chi connectivity index (χ2n) is 3.96. The molecule has 1 amide bonds. The zero-order valence-corrected chi connectivity index (χ0v) is 10.6. The smallest absolute Gasteiger partial charge is 0.263 e. The molecule has 0 aliphatic rings. The quantitative estimate of drug-likeness (QED) is 0.895. The van der Waals surface area contributed by atoms with Gasteiger partial charge in [0.2, 0.25) is 0 Å². The van der Waals surface area contributed by atoms with Crippen molar-refractivity contribution in [2.45, 2.75) is 13.0 Å². The number of nitrogen functional groups attached to an aromatic ring is 1. The fourth-order valence-corrected chi connectivity index (χ4v) is 2.35. The number of carbonyl (C=O) groups excluding carboxylic acids is 1. The minimum Gasteiger partial charge on any atom is -0.397 e. The monoisotopic (exact) mass is 264 g/mol. The molecule has 1 unspecified atom stereocenters. The maximum absolute atomic E-state index is 13.1. The Balaban J connectivity index is 2.10. The Labute approximate surface area is 108 Å². The van der Waals surface area contributed by atoms with Crippen LogP contribution in [0.3, 0.4) is 0 Å². The van der Waals surface area contributed by atoms with Gasteiger partial charge in [-0.3, -0.25) is 4.79 Å². The Morgan fingerprint density at radius 3 is 2.83 bits per heavy atom. The normalized spacial score (nSPS) is 12.1. The first kappa shape index (κ1) is 12.6. The molecule has 1 aromatic carbocycles. The number of thiophene rings is 1. The van der Waals surface area contributed by atoms with E-state index in [1.165, 1.54) is 23.5 Å². The van der Waals surface area contributed by atoms with E-state index < -0.39 is 0 Å². The van der Waals surface area contributed by atoms with Crippen LogP contribution in [-0.4, -0.2) is 5.91 Å². The Hall–Kier alpha value is -1.88. The molecule has 1 aromatic heterocycles. The van der Waals surface area contributed by atoms with Crippen molar-refractivity contribution in [1.29, 1.82) is 0 Å². The van der Waals surface area contributed by atoms with E-state index in [0.717, 1.165) is 5.56 Å². The Kier molecular flexibility index (Phi) is 3.62. The molecule has 5 heteroatoms. The average Bonchev–Trinajstić information content (AvgIpc) is 2.75. The summed E-state index contributed by atoms with van der Waals surface area (Å²) in [7, 11) is 0. The molecule has 0 bridgehead atoms. The molecule has 0 fully saturated rings. The van der Waals surface area contributed by atoms with E-state index in [1.807, 2.05) is 0 Å². The topological polar surface area (TPSA) is 55.1 Å². The summed E-state index contributed by atoms with van der Waals surface area (Å²) in [6, 6.07) is 7.58. The first-order chi connectivity index (χ1) is 8.58. The lowest BCUT2D eigenvalue weighted by molar-refractivity contribution is 0.0944. The van der Waals surface area contributed by atoms with Crippen molar-refractivity contribution in [3.05, 3.63) is 52.0 Å². The van der Waals surface area contributed by atoms with E-state index >= 15 is 0 Å². The van der Waals surface area contributed by atoms with Crippen LogP contribution in [0.4, 0.5) is 10.1 Å². The molecule has 1 atom stereocenters. The predicted molar refractivity (Wildman–Crippen MR) is 71.0 cm³/mol. The third kappa shape index (κ3) is 2.68. The molecule has 1 heterocycles. The summed E-state index contributed by atoms with van der Waals surface area (Å²) in [5.74, 6) is -0.552. The van der Waals surface area contributed by atoms with Gasteiger partial charge in [-0.25, -0.2) is 4.39 Å². The zero-order chi connectivity index (χ0) is 13.1. The third-order valence-corrected chi connectivity index (χ3v) is 3.53. The molecule has 0 spiro atoms. The molecule has 2 rings (SSSR count). The predicted octanol–water partition coefficient (Wildman–Crippen LogP) is 2.96. The second-order valence-corrected chi connectivity index (χ2v) is 4.87. The van der Waals surface area contributed by atoms with E-state index in [9.17, 15) is 9.18 Å². The van der Waals surface area contributed by atoms with Gasteiger partial charge < -0.3 is 11.1 Å². The number of amides is 1. The first-order valence-corrected chi connectivity index (χ1v) is 6.35. The van der Waals surface area contributed by atoms with Gasteiger partial charge in [0.15, 0.2) is 0 Å². The Morgan fingerprint density at radius 1 is 1.44 bits per heavy atom. The van der Waals surface area contributed by atoms with Crippen molar-refractivity contribution in [3.63, 3.8) is 0 Å². The summed E-state index contributed by atoms with van der Waals surface area (Å²) in [6.07, 6.45) is 0. The van der Waals surface area contributed by atoms with Crippen LogP contribution in [-0.2, 0) is 0 Å². The van der Waals surface area contributed by atoms with Crippen LogP contribution in [0.1, 0.15) is 28.2 Å². The Morgan fingerprint density at radius 2 is 2.22 bits per heavy atom. The molecule has 0 saturated carbocycles. The van der Waals surface area contributed by atoms with Crippen molar-refractivity contribution in [2.24, 2.45) is 0 Å². The zero-order valence-electron chi connectivity index (χ0n) is 9.81. The molecule has 0 saturated heterocycles. The van der Waals surface area contributed by atoms with Crippen molar-refractivity contribution in [1.82, 2.24) is 5.32 Å². The van der Waals surface area contributed by atoms with Gasteiger partial charge in [0.1, 0.15) is 10.7 Å². The summed E-state index contributed by atoms with van der Waals surface area (Å²) >= 11 is 1.29. The molecule has 94 valence electrons. The minimum atomic E-state index is -0.316. The molecule has 0 aliphatic carbocycles. The lowest BCUT2D eigenvalue weighted by Crippen LogP contribution is -2.26. The number of nitrogens with two attached hydrogens (primary N) is 1. The molecular formula is C13H13FN2OS. The van der Waals surface area contributed by atoms with Gasteiger partial charge in [-0.1, -0.05) is 12.1 Å². The molecule has 3 N–H and O–H groups in total. The highest BCUT2D eigenvalue weighted by atomic mass is 32.1. The third-order valence-electron chi connectivity index (χ3n) is 2.60. The number of benzene rings is 1. The number of rotatable bonds is 3. The molecule has 18 heavy (non-hydrogen) atoms. The summed E-state index contributed by atoms with van der Waals surface area (Å²) in [4.78, 5) is 12.4. The highest BCUT2D eigenvalue weighted by Gasteiger charge is 2.15. The summed E-state index contributed by atoms with van der Waals surface area (Å²) in [6.45, 7) is 1.80. The molecule has 2 aromatic rings. The number of hydrogen-bond donors (Lipinski definition) is 2. The van der Waals surface area contributed by atoms with Crippen LogP contribution in [0.2, 0.25) is 0 Å². The van der Waals surface area contributed by atoms with Crippen LogP contribution in [0.5, 0.6) is 0 Å². The van der Waals surface area contributed by atoms with Crippen molar-refractivity contribution in [3.8, 4) is 0 Å². The van der Waals surface area contributed by atoms with Crippen LogP contribution >= 0.6 is 11.3 Å². The van der Waals surface area contributed by atoms with Gasteiger partial charge in [0.25, 0.3) is 5.91 Å². The van der Waals surface area contributed by atoms with Gasteiger partial charge in [-0.05, 0) is 36.1 Å². The summed E-state index contributed by atoms with van der Waals surface area (Å²) < 4.78 is 13.1. The second kappa shape index (κ2) is 5.18. The van der Waals surface area contributed by atoms with E-state index in [1.54, 1.807) is 30.5 Å². The van der Waals surface area contributed by atoms with Crippen molar-refractivity contribution in [2.75, 3.05) is 5.73 Å². The lowest BCUT2D eigenvalue weighted by atomic mass is 10.1. The summed E-state index contributed by atoms with van der Waals surface area (Å²) in [5, 5.41) is 4.55. The van der Waals surface area contributed by atoms with Gasteiger partial charge in [0, 0.05) is 0 Å². The average molecular weight is 264 g/mol. The first-order valence-electron chi connectivity index (χ1n) is 5.47. The van der Waals surface area contributed by atoms with Gasteiger partial charge >= 0.3 is 0 Å². The fourth-order valence-electron chi connectivity index (χ4n) is 1.63. The number of hydrogen-bond acceptors (Lipinski definition) is 3. The molecule has 3 nitrogen and oxygen atoms in total. The summed E-state index contributed by atoms with van der Waals surface area (Å²) in [5.41, 5.74) is 6.85. The number of anilines is 1. The van der Waals surface area contributed by atoms with Gasteiger partial charge in [-0.2, -0.15) is 0 Å². The van der Waals surface area contributed by atoms with Gasteiger partial charge in [0.05, 0.1) is 11.7 Å². The van der Waals surface area contributed by atoms with E-state index in [0.29, 0.717) is 10.6 Å². The van der Waals surface area contributed by atoms with Crippen LogP contribution < -0.4 is 11.1 Å². The lowest BCUT2D eigenvalue weighted by Gasteiger charge is -2.14. The Bertz CT molecular complexity index is 568. The van der Waals surface area contributed by atoms with Crippen molar-refractivity contribution < 1.29 is 9.18 Å². The standard InChI is InChI=1S/C13H13FN2OS/c1-8(9-3-2-4-10(14)7-9)16-13(17)12-11(15)5-6-18-12/h2-8H,15H2,1H3,(H,16,17). The van der Waals surface area contributed by atoms with Gasteiger partial charge in [-0.15, -0.1) is 11.3 Å².